The van der Waals surface area contributed by atoms with Gasteiger partial charge in [-0.05, 0) is 110 Å². The van der Waals surface area contributed by atoms with Gasteiger partial charge in [0.1, 0.15) is 60.4 Å². The Labute approximate surface area is 501 Å². The van der Waals surface area contributed by atoms with Crippen LogP contribution in [0.1, 0.15) is 170 Å². The van der Waals surface area contributed by atoms with Gasteiger partial charge in [-0.25, -0.2) is 0 Å². The second-order valence-corrected chi connectivity index (χ2v) is 22.3. The molecular weight excluding hydrogens is 1100 g/mol. The number of aliphatic hydroxyl groups is 2. The van der Waals surface area contributed by atoms with Gasteiger partial charge in [0, 0.05) is 13.0 Å². The fraction of sp³-hybridized carbons (Fsp3) is 0.804. The van der Waals surface area contributed by atoms with Crippen molar-refractivity contribution in [1.82, 2.24) is 58.5 Å². The van der Waals surface area contributed by atoms with Crippen LogP contribution in [0.5, 0.6) is 0 Å². The van der Waals surface area contributed by atoms with E-state index in [1.807, 2.05) is 0 Å². The Balaban J connectivity index is 3.88. The summed E-state index contributed by atoms with van der Waals surface area (Å²) in [7, 11) is 0. The minimum atomic E-state index is -1.69. The van der Waals surface area contributed by atoms with Gasteiger partial charge >= 0.3 is 0 Å². The standard InChI is InChI=1S/C56H106N16O13/c1-7-9-11-13-15-16-18-36-47(76)70-43(32-33(3)4)54(83)67-39(22-28-59)49(78)66-41(24-30-61)53(82)71-45(34(5)73)55(84)62-31-25-42(51(80)65-38(21-27-58)48(77)64-36)68-50(79)40(23-29-60)69-56(85)46(35(6)74)72-52(81)37(20-26-57)63-44(75)19-17-14-12-10-8-2/h33-43,45-46,73-74H,7-32,57-61H2,1-6H3,(H,62,84)(H,63,75)(H,64,77)(H,65,80)(H,66,78)(H,67,83)(H,68,79)(H,69,85)(H,70,76)(H,71,82)(H,72,81)/t34-,35-,36?,37+,38+,39+,40+,41+,42+,43+,45+,46+/m1/s1. The molecule has 1 saturated heterocycles. The van der Waals surface area contributed by atoms with Gasteiger partial charge in [0.15, 0.2) is 0 Å². The molecule has 23 N–H and O–H groups in total. The summed E-state index contributed by atoms with van der Waals surface area (Å²) in [5, 5.41) is 49.9. The minimum absolute atomic E-state index is 0.00888. The molecule has 1 aliphatic heterocycles. The van der Waals surface area contributed by atoms with Gasteiger partial charge in [-0.15, -0.1) is 0 Å². The Morgan fingerprint density at radius 3 is 1.40 bits per heavy atom. The quantitative estimate of drug-likeness (QED) is 0.0273. The van der Waals surface area contributed by atoms with Gasteiger partial charge in [0.25, 0.3) is 0 Å². The Morgan fingerprint density at radius 2 is 0.929 bits per heavy atom. The average molecular weight is 1210 g/mol. The highest BCUT2D eigenvalue weighted by molar-refractivity contribution is 5.99. The van der Waals surface area contributed by atoms with Crippen LogP contribution in [0.15, 0.2) is 0 Å². The van der Waals surface area contributed by atoms with Gasteiger partial charge in [0.2, 0.25) is 65.0 Å². The van der Waals surface area contributed by atoms with Gasteiger partial charge in [-0.1, -0.05) is 91.9 Å². The lowest BCUT2D eigenvalue weighted by molar-refractivity contribution is -0.137. The molecule has 0 aromatic heterocycles. The number of nitrogens with one attached hydrogen (secondary N) is 11. The zero-order valence-corrected chi connectivity index (χ0v) is 51.2. The third-order valence-corrected chi connectivity index (χ3v) is 14.3. The van der Waals surface area contributed by atoms with E-state index < -0.39 is 151 Å². The normalized spacial score (nSPS) is 22.6. The molecule has 1 fully saturated rings. The number of hydrogen-bond acceptors (Lipinski definition) is 18. The highest BCUT2D eigenvalue weighted by atomic mass is 16.3. The van der Waals surface area contributed by atoms with Crippen LogP contribution in [0.3, 0.4) is 0 Å². The van der Waals surface area contributed by atoms with Crippen molar-refractivity contribution in [2.75, 3.05) is 39.3 Å². The summed E-state index contributed by atoms with van der Waals surface area (Å²) < 4.78 is 0. The van der Waals surface area contributed by atoms with E-state index in [9.17, 15) is 63.0 Å². The molecule has 0 bridgehead atoms. The monoisotopic (exact) mass is 1210 g/mol. The number of amides is 11. The fourth-order valence-electron chi connectivity index (χ4n) is 9.37. The molecule has 0 aromatic carbocycles. The molecule has 29 nitrogen and oxygen atoms in total. The van der Waals surface area contributed by atoms with E-state index in [1.54, 1.807) is 13.8 Å². The average Bonchev–Trinajstić information content (AvgIpc) is 3.54. The Kier molecular flexibility index (Phi) is 39.4. The molecule has 0 saturated carbocycles. The van der Waals surface area contributed by atoms with E-state index in [0.29, 0.717) is 19.3 Å². The maximum absolute atomic E-state index is 14.5. The first-order chi connectivity index (χ1) is 40.4. The van der Waals surface area contributed by atoms with E-state index in [2.05, 4.69) is 72.3 Å². The van der Waals surface area contributed by atoms with E-state index in [4.69, 9.17) is 28.7 Å². The highest BCUT2D eigenvalue weighted by Gasteiger charge is 2.37. The van der Waals surface area contributed by atoms with Crippen molar-refractivity contribution < 1.29 is 63.0 Å². The van der Waals surface area contributed by atoms with Crippen molar-refractivity contribution in [3.05, 3.63) is 0 Å². The van der Waals surface area contributed by atoms with Crippen LogP contribution in [0, 0.1) is 5.92 Å². The third-order valence-electron chi connectivity index (χ3n) is 14.3. The van der Waals surface area contributed by atoms with E-state index in [-0.39, 0.29) is 90.0 Å². The van der Waals surface area contributed by atoms with Crippen molar-refractivity contribution in [2.45, 2.75) is 243 Å². The Hall–Kier alpha value is -6.11. The summed E-state index contributed by atoms with van der Waals surface area (Å²) in [5.74, 6) is -9.64. The van der Waals surface area contributed by atoms with Crippen molar-refractivity contribution in [3.8, 4) is 0 Å². The molecule has 29 heteroatoms. The second kappa shape index (κ2) is 43.5. The molecule has 1 rings (SSSR count). The van der Waals surface area contributed by atoms with Crippen LogP contribution >= 0.6 is 0 Å². The van der Waals surface area contributed by atoms with Crippen LogP contribution in [0.2, 0.25) is 0 Å². The predicted molar refractivity (Wildman–Crippen MR) is 319 cm³/mol. The topological polar surface area (TPSA) is 491 Å². The molecule has 1 aliphatic rings. The lowest BCUT2D eigenvalue weighted by Gasteiger charge is -2.29. The largest absolute Gasteiger partial charge is 0.391 e. The first-order valence-electron chi connectivity index (χ1n) is 30.6. The fourth-order valence-corrected chi connectivity index (χ4v) is 9.37. The van der Waals surface area contributed by atoms with Crippen molar-refractivity contribution in [3.63, 3.8) is 0 Å². The molecule has 488 valence electrons. The number of carbonyl (C=O) groups is 11. The predicted octanol–water partition coefficient (Wildman–Crippen LogP) is -3.98. The summed E-state index contributed by atoms with van der Waals surface area (Å²) in [6.07, 6.45) is 5.37. The minimum Gasteiger partial charge on any atom is -0.391 e. The Morgan fingerprint density at radius 1 is 0.494 bits per heavy atom. The van der Waals surface area contributed by atoms with Crippen molar-refractivity contribution in [2.24, 2.45) is 34.6 Å². The molecule has 11 amide bonds. The SMILES string of the molecule is CCCCCCCCC1NC(=O)[C@H](CCN)NC(=O)[C@@H](NC(=O)[C@H](CCN)NC(=O)[C@@H](NC(=O)[C@H](CCN)NC(=O)CCCCCCC)[C@@H](C)O)CCNC(=O)[C@H]([C@@H](C)O)NC(=O)[C@H](CCN)NC(=O)[C@H](CCN)NC(=O)[C@H](CC(C)C)NC1=O. The van der Waals surface area contributed by atoms with Crippen LogP contribution < -0.4 is 87.2 Å². The first-order valence-corrected chi connectivity index (χ1v) is 30.6. The highest BCUT2D eigenvalue weighted by Crippen LogP contribution is 2.13. The Bertz CT molecular complexity index is 2090. The summed E-state index contributed by atoms with van der Waals surface area (Å²) in [4.78, 5) is 154. The second-order valence-electron chi connectivity index (χ2n) is 22.3. The summed E-state index contributed by atoms with van der Waals surface area (Å²) in [6, 6.07) is -14.4. The van der Waals surface area contributed by atoms with Gasteiger partial charge in [-0.3, -0.25) is 52.7 Å². The lowest BCUT2D eigenvalue weighted by Crippen LogP contribution is -2.62. The number of aliphatic hydroxyl groups excluding tert-OH is 2. The number of rotatable bonds is 34. The van der Waals surface area contributed by atoms with Crippen LogP contribution in [-0.4, -0.2) is 187 Å². The number of carbonyl (C=O) groups excluding carboxylic acids is 11. The molecule has 0 spiro atoms. The number of nitrogens with two attached hydrogens (primary N) is 5. The summed E-state index contributed by atoms with van der Waals surface area (Å²) in [6.45, 7) is 9.08. The smallest absolute Gasteiger partial charge is 0.245 e. The van der Waals surface area contributed by atoms with Crippen LogP contribution in [-0.2, 0) is 52.7 Å². The van der Waals surface area contributed by atoms with Crippen LogP contribution in [0.4, 0.5) is 0 Å². The molecule has 85 heavy (non-hydrogen) atoms. The maximum Gasteiger partial charge on any atom is 0.245 e. The summed E-state index contributed by atoms with van der Waals surface area (Å²) >= 11 is 0. The number of unbranched alkanes of at least 4 members (excludes halogenated alkanes) is 9. The van der Waals surface area contributed by atoms with E-state index in [0.717, 1.165) is 51.4 Å². The summed E-state index contributed by atoms with van der Waals surface area (Å²) in [5.41, 5.74) is 29.4. The van der Waals surface area contributed by atoms with Crippen molar-refractivity contribution >= 4 is 65.0 Å². The lowest BCUT2D eigenvalue weighted by atomic mass is 10.00. The number of hydrogen-bond donors (Lipinski definition) is 18. The van der Waals surface area contributed by atoms with E-state index in [1.165, 1.54) is 13.8 Å². The van der Waals surface area contributed by atoms with Gasteiger partial charge < -0.3 is 97.4 Å². The molecule has 1 unspecified atom stereocenters. The first kappa shape index (κ1) is 76.9. The van der Waals surface area contributed by atoms with Crippen molar-refractivity contribution in [1.29, 1.82) is 0 Å². The molecule has 0 aromatic rings. The maximum atomic E-state index is 14.5. The molecule has 0 radical (unpaired) electrons. The van der Waals surface area contributed by atoms with Gasteiger partial charge in [0.05, 0.1) is 12.2 Å². The van der Waals surface area contributed by atoms with Crippen LogP contribution in [0.25, 0.3) is 0 Å². The molecule has 1 heterocycles. The zero-order chi connectivity index (χ0) is 64.0. The van der Waals surface area contributed by atoms with Gasteiger partial charge in [-0.2, -0.15) is 0 Å². The molecular formula is C56H106N16O13. The third kappa shape index (κ3) is 30.2. The van der Waals surface area contributed by atoms with E-state index >= 15 is 0 Å². The molecule has 0 aliphatic carbocycles. The molecule has 12 atom stereocenters. The zero-order valence-electron chi connectivity index (χ0n) is 51.2.